The molecule has 0 N–H and O–H groups in total. The highest BCUT2D eigenvalue weighted by atomic mass is 16.6. The minimum atomic E-state index is -1.75. The molecule has 5 nitrogen and oxygen atoms in total. The Morgan fingerprint density at radius 2 is 1.59 bits per heavy atom. The first-order chi connectivity index (χ1) is 14.4. The normalized spacial score (nSPS) is 22.8. The van der Waals surface area contributed by atoms with Gasteiger partial charge in [-0.05, 0) is 55.5 Å². The Labute approximate surface area is 173 Å². The van der Waals surface area contributed by atoms with E-state index >= 15 is 0 Å². The third kappa shape index (κ3) is 3.61. The summed E-state index contributed by atoms with van der Waals surface area (Å²) in [5.74, 6) is -0.731. The van der Waals surface area contributed by atoms with Gasteiger partial charge in [0.25, 0.3) is 0 Å². The Bertz CT molecular complexity index is 905. The van der Waals surface area contributed by atoms with Gasteiger partial charge in [0.1, 0.15) is 5.75 Å². The third-order valence-corrected chi connectivity index (χ3v) is 5.55. The molecule has 0 bridgehead atoms. The van der Waals surface area contributed by atoms with Crippen LogP contribution in [-0.4, -0.2) is 32.3 Å². The molecule has 0 spiro atoms. The lowest BCUT2D eigenvalue weighted by atomic mass is 9.58. The summed E-state index contributed by atoms with van der Waals surface area (Å²) in [7, 11) is 1.59. The van der Waals surface area contributed by atoms with E-state index in [2.05, 4.69) is 0 Å². The van der Waals surface area contributed by atoms with Crippen molar-refractivity contribution in [1.82, 2.24) is 0 Å². The lowest BCUT2D eigenvalue weighted by Crippen LogP contribution is -2.51. The van der Waals surface area contributed by atoms with E-state index in [1.807, 2.05) is 55.5 Å². The van der Waals surface area contributed by atoms with Crippen LogP contribution in [0.25, 0.3) is 0 Å². The lowest BCUT2D eigenvalue weighted by Gasteiger charge is -2.44. The minimum absolute atomic E-state index is 0.0702. The third-order valence-electron chi connectivity index (χ3n) is 5.55. The second kappa shape index (κ2) is 8.27. The van der Waals surface area contributed by atoms with Gasteiger partial charge in [-0.25, -0.2) is 0 Å². The summed E-state index contributed by atoms with van der Waals surface area (Å²) >= 11 is 0. The summed E-state index contributed by atoms with van der Waals surface area (Å²) in [5.41, 5.74) is -0.136. The molecular weight excluding hydrogens is 368 g/mol. The second-order valence-electron chi connectivity index (χ2n) is 7.32. The van der Waals surface area contributed by atoms with Gasteiger partial charge in [-0.2, -0.15) is 0 Å². The van der Waals surface area contributed by atoms with Gasteiger partial charge >= 0.3 is 11.9 Å². The van der Waals surface area contributed by atoms with Gasteiger partial charge < -0.3 is 14.2 Å². The molecule has 154 valence electrons. The van der Waals surface area contributed by atoms with Gasteiger partial charge in [0.15, 0.2) is 5.41 Å². The predicted octanol–water partition coefficient (Wildman–Crippen LogP) is 4.06. The van der Waals surface area contributed by atoms with Gasteiger partial charge in [0.2, 0.25) is 0 Å². The van der Waals surface area contributed by atoms with E-state index in [0.717, 1.165) is 16.7 Å². The number of carbonyl (C=O) groups excluding carboxylic acids is 2. The topological polar surface area (TPSA) is 61.8 Å². The minimum Gasteiger partial charge on any atom is -0.497 e. The van der Waals surface area contributed by atoms with Crippen molar-refractivity contribution in [1.29, 1.82) is 0 Å². The SMILES string of the molecule is [2H]C1C(C(=O)OCC)(C(=O)OCC)Cc2ccccc2C1(C)c1ccc(OC)cc1. The molecular formula is C24H28O5. The van der Waals surface area contributed by atoms with Crippen molar-refractivity contribution in [2.45, 2.75) is 39.0 Å². The number of fused-ring (bicyclic) bond motifs is 1. The number of hydrogen-bond donors (Lipinski definition) is 0. The molecule has 0 amide bonds. The molecule has 0 aromatic heterocycles. The van der Waals surface area contributed by atoms with Crippen molar-refractivity contribution < 1.29 is 25.2 Å². The van der Waals surface area contributed by atoms with Crippen molar-refractivity contribution in [2.24, 2.45) is 5.41 Å². The van der Waals surface area contributed by atoms with Crippen molar-refractivity contribution in [2.75, 3.05) is 20.3 Å². The monoisotopic (exact) mass is 397 g/mol. The molecule has 0 radical (unpaired) electrons. The lowest BCUT2D eigenvalue weighted by molar-refractivity contribution is -0.174. The van der Waals surface area contributed by atoms with Crippen LogP contribution in [-0.2, 0) is 30.9 Å². The van der Waals surface area contributed by atoms with Crippen LogP contribution in [0.5, 0.6) is 5.75 Å². The highest BCUT2D eigenvalue weighted by molar-refractivity contribution is 6.01. The fraction of sp³-hybridized carbons (Fsp3) is 0.417. The Hall–Kier alpha value is -2.82. The number of esters is 2. The van der Waals surface area contributed by atoms with Gasteiger partial charge in [-0.3, -0.25) is 9.59 Å². The summed E-state index contributed by atoms with van der Waals surface area (Å²) in [4.78, 5) is 26.4. The van der Waals surface area contributed by atoms with Crippen LogP contribution in [0.1, 0.15) is 45.2 Å². The van der Waals surface area contributed by atoms with E-state index in [9.17, 15) is 11.0 Å². The first-order valence-corrected chi connectivity index (χ1v) is 9.85. The maximum atomic E-state index is 13.2. The molecule has 0 fully saturated rings. The van der Waals surface area contributed by atoms with E-state index in [0.29, 0.717) is 5.75 Å². The number of rotatable bonds is 6. The van der Waals surface area contributed by atoms with E-state index in [-0.39, 0.29) is 19.6 Å². The Morgan fingerprint density at radius 3 is 2.14 bits per heavy atom. The molecule has 2 atom stereocenters. The van der Waals surface area contributed by atoms with Gasteiger partial charge in [0, 0.05) is 6.79 Å². The van der Waals surface area contributed by atoms with Crippen LogP contribution >= 0.6 is 0 Å². The smallest absolute Gasteiger partial charge is 0.323 e. The Balaban J connectivity index is 2.27. The van der Waals surface area contributed by atoms with Crippen LogP contribution < -0.4 is 4.74 Å². The molecule has 29 heavy (non-hydrogen) atoms. The molecule has 2 aromatic carbocycles. The fourth-order valence-electron chi connectivity index (χ4n) is 4.14. The highest BCUT2D eigenvalue weighted by Gasteiger charge is 2.57. The van der Waals surface area contributed by atoms with Gasteiger partial charge in [-0.1, -0.05) is 43.3 Å². The number of carbonyl (C=O) groups is 2. The maximum Gasteiger partial charge on any atom is 0.323 e. The van der Waals surface area contributed by atoms with Crippen molar-refractivity contribution in [3.8, 4) is 5.75 Å². The number of hydrogen-bond acceptors (Lipinski definition) is 5. The van der Waals surface area contributed by atoms with Crippen LogP contribution in [0.3, 0.4) is 0 Å². The molecule has 0 aliphatic heterocycles. The molecule has 3 rings (SSSR count). The first-order valence-electron chi connectivity index (χ1n) is 10.4. The van der Waals surface area contributed by atoms with Crippen LogP contribution in [0.2, 0.25) is 0 Å². The average Bonchev–Trinajstić information content (AvgIpc) is 2.76. The summed E-state index contributed by atoms with van der Waals surface area (Å²) in [6, 6.07) is 15.0. The average molecular weight is 397 g/mol. The Morgan fingerprint density at radius 1 is 1.00 bits per heavy atom. The molecule has 2 aromatic rings. The van der Waals surface area contributed by atoms with Gasteiger partial charge in [-0.15, -0.1) is 0 Å². The molecule has 2 unspecified atom stereocenters. The van der Waals surface area contributed by atoms with Crippen molar-refractivity contribution in [3.05, 3.63) is 65.2 Å². The summed E-state index contributed by atoms with van der Waals surface area (Å²) in [6.45, 7) is 5.52. The molecule has 1 aliphatic carbocycles. The molecule has 0 saturated carbocycles. The van der Waals surface area contributed by atoms with E-state index in [4.69, 9.17) is 14.2 Å². The molecule has 0 saturated heterocycles. The summed E-state index contributed by atoms with van der Waals surface area (Å²) < 4.78 is 25.2. The largest absolute Gasteiger partial charge is 0.497 e. The van der Waals surface area contributed by atoms with E-state index in [1.165, 1.54) is 0 Å². The molecule has 0 heterocycles. The van der Waals surface area contributed by atoms with Crippen LogP contribution in [0.15, 0.2) is 48.5 Å². The molecule has 1 aliphatic rings. The van der Waals surface area contributed by atoms with E-state index in [1.54, 1.807) is 21.0 Å². The fourth-order valence-corrected chi connectivity index (χ4v) is 4.14. The quantitative estimate of drug-likeness (QED) is 0.543. The summed E-state index contributed by atoms with van der Waals surface area (Å²) in [5, 5.41) is 0. The Kier molecular flexibility index (Phi) is 5.56. The number of benzene rings is 2. The first kappa shape index (κ1) is 19.5. The van der Waals surface area contributed by atoms with Gasteiger partial charge in [0.05, 0.1) is 20.3 Å². The van der Waals surface area contributed by atoms with Crippen LogP contribution in [0, 0.1) is 5.41 Å². The molecule has 5 heteroatoms. The standard InChI is InChI=1S/C24H28O5/c1-5-28-21(25)24(22(26)29-6-2)15-17-9-7-8-10-20(17)23(3,16-24)18-11-13-19(27-4)14-12-18/h7-14H,5-6,15-16H2,1-4H3/i16D. The van der Waals surface area contributed by atoms with E-state index < -0.39 is 29.2 Å². The van der Waals surface area contributed by atoms with Crippen molar-refractivity contribution in [3.63, 3.8) is 0 Å². The number of methoxy groups -OCH3 is 1. The highest BCUT2D eigenvalue weighted by Crippen LogP contribution is 2.51. The second-order valence-corrected chi connectivity index (χ2v) is 7.32. The summed E-state index contributed by atoms with van der Waals surface area (Å²) in [6.07, 6.45) is -1.08. The predicted molar refractivity (Wildman–Crippen MR) is 110 cm³/mol. The number of ether oxygens (including phenoxy) is 3. The zero-order chi connectivity index (χ0) is 21.9. The van der Waals surface area contributed by atoms with Crippen molar-refractivity contribution >= 4 is 11.9 Å². The van der Waals surface area contributed by atoms with Crippen LogP contribution in [0.4, 0.5) is 0 Å². The zero-order valence-corrected chi connectivity index (χ0v) is 17.4. The zero-order valence-electron chi connectivity index (χ0n) is 18.4. The maximum absolute atomic E-state index is 13.2.